The molecular formula is C15H18O2. The standard InChI is InChI=1S/C15H18O2/c1-4-11-7-6-10(3)14(12(11)5-2)13-8-9-17-15(13)16/h6-8H,4-5,9H2,1-3H3. The van der Waals surface area contributed by atoms with Crippen molar-refractivity contribution in [3.8, 4) is 0 Å². The van der Waals surface area contributed by atoms with Crippen LogP contribution in [-0.2, 0) is 22.4 Å². The van der Waals surface area contributed by atoms with Gasteiger partial charge in [-0.15, -0.1) is 0 Å². The molecule has 1 aliphatic heterocycles. The van der Waals surface area contributed by atoms with E-state index in [0.29, 0.717) is 6.61 Å². The molecule has 0 N–H and O–H groups in total. The molecule has 0 bridgehead atoms. The van der Waals surface area contributed by atoms with Gasteiger partial charge in [0.2, 0.25) is 0 Å². The van der Waals surface area contributed by atoms with Gasteiger partial charge in [-0.3, -0.25) is 0 Å². The molecule has 0 aromatic heterocycles. The minimum atomic E-state index is -0.184. The van der Waals surface area contributed by atoms with Crippen molar-refractivity contribution in [2.24, 2.45) is 0 Å². The monoisotopic (exact) mass is 230 g/mol. The van der Waals surface area contributed by atoms with Crippen LogP contribution in [0, 0.1) is 6.92 Å². The van der Waals surface area contributed by atoms with E-state index in [1.54, 1.807) is 0 Å². The molecule has 0 fully saturated rings. The first kappa shape index (κ1) is 11.9. The van der Waals surface area contributed by atoms with Gasteiger partial charge < -0.3 is 4.74 Å². The molecule has 0 aliphatic carbocycles. The van der Waals surface area contributed by atoms with Crippen LogP contribution in [0.3, 0.4) is 0 Å². The minimum Gasteiger partial charge on any atom is -0.458 e. The van der Waals surface area contributed by atoms with E-state index in [9.17, 15) is 4.79 Å². The summed E-state index contributed by atoms with van der Waals surface area (Å²) in [5.74, 6) is -0.184. The van der Waals surface area contributed by atoms with Crippen LogP contribution in [0.2, 0.25) is 0 Å². The topological polar surface area (TPSA) is 26.3 Å². The number of esters is 1. The highest BCUT2D eigenvalue weighted by atomic mass is 16.5. The first-order valence-corrected chi connectivity index (χ1v) is 6.18. The number of carbonyl (C=O) groups is 1. The molecule has 0 saturated carbocycles. The summed E-state index contributed by atoms with van der Waals surface area (Å²) in [4.78, 5) is 11.7. The number of rotatable bonds is 3. The van der Waals surface area contributed by atoms with Gasteiger partial charge in [-0.2, -0.15) is 0 Å². The highest BCUT2D eigenvalue weighted by molar-refractivity contribution is 6.19. The predicted octanol–water partition coefficient (Wildman–Crippen LogP) is 3.06. The molecule has 1 aliphatic rings. The summed E-state index contributed by atoms with van der Waals surface area (Å²) in [6.07, 6.45) is 3.84. The lowest BCUT2D eigenvalue weighted by molar-refractivity contribution is -0.133. The lowest BCUT2D eigenvalue weighted by Crippen LogP contribution is -2.06. The van der Waals surface area contributed by atoms with Crippen LogP contribution in [-0.4, -0.2) is 12.6 Å². The molecule has 1 aromatic carbocycles. The van der Waals surface area contributed by atoms with Crippen LogP contribution in [0.15, 0.2) is 18.2 Å². The average molecular weight is 230 g/mol. The van der Waals surface area contributed by atoms with Crippen molar-refractivity contribution >= 4 is 11.5 Å². The maximum atomic E-state index is 11.7. The first-order chi connectivity index (χ1) is 8.19. The molecule has 0 radical (unpaired) electrons. The third-order valence-electron chi connectivity index (χ3n) is 3.34. The molecule has 2 rings (SSSR count). The third kappa shape index (κ3) is 1.99. The van der Waals surface area contributed by atoms with Crippen LogP contribution < -0.4 is 0 Å². The summed E-state index contributed by atoms with van der Waals surface area (Å²) in [5, 5.41) is 0. The zero-order valence-electron chi connectivity index (χ0n) is 10.7. The van der Waals surface area contributed by atoms with E-state index in [2.05, 4.69) is 32.9 Å². The molecular weight excluding hydrogens is 212 g/mol. The lowest BCUT2D eigenvalue weighted by Gasteiger charge is -2.15. The number of ether oxygens (including phenoxy) is 1. The summed E-state index contributed by atoms with van der Waals surface area (Å²) >= 11 is 0. The average Bonchev–Trinajstić information content (AvgIpc) is 2.74. The number of hydrogen-bond donors (Lipinski definition) is 0. The first-order valence-electron chi connectivity index (χ1n) is 6.18. The summed E-state index contributed by atoms with van der Waals surface area (Å²) in [5.41, 5.74) is 5.61. The largest absolute Gasteiger partial charge is 0.458 e. The van der Waals surface area contributed by atoms with Gasteiger partial charge in [0.25, 0.3) is 0 Å². The molecule has 0 atom stereocenters. The Kier molecular flexibility index (Phi) is 3.32. The zero-order chi connectivity index (χ0) is 12.4. The van der Waals surface area contributed by atoms with Crippen molar-refractivity contribution in [3.05, 3.63) is 40.5 Å². The van der Waals surface area contributed by atoms with Crippen molar-refractivity contribution in [2.75, 3.05) is 6.61 Å². The van der Waals surface area contributed by atoms with E-state index in [1.807, 2.05) is 6.08 Å². The quantitative estimate of drug-likeness (QED) is 0.746. The Balaban J connectivity index is 2.62. The molecule has 0 amide bonds. The molecule has 90 valence electrons. The van der Waals surface area contributed by atoms with E-state index in [-0.39, 0.29) is 5.97 Å². The Hall–Kier alpha value is -1.57. The van der Waals surface area contributed by atoms with Crippen molar-refractivity contribution in [2.45, 2.75) is 33.6 Å². The number of cyclic esters (lactones) is 1. The Labute approximate surface area is 102 Å². The van der Waals surface area contributed by atoms with Crippen LogP contribution in [0.25, 0.3) is 5.57 Å². The predicted molar refractivity (Wildman–Crippen MR) is 68.9 cm³/mol. The molecule has 0 spiro atoms. The van der Waals surface area contributed by atoms with Gasteiger partial charge in [0.1, 0.15) is 6.61 Å². The Bertz CT molecular complexity index is 484. The fourth-order valence-corrected chi connectivity index (χ4v) is 2.48. The van der Waals surface area contributed by atoms with Crippen LogP contribution in [0.5, 0.6) is 0 Å². The molecule has 2 heteroatoms. The zero-order valence-corrected chi connectivity index (χ0v) is 10.7. The van der Waals surface area contributed by atoms with E-state index in [4.69, 9.17) is 4.74 Å². The van der Waals surface area contributed by atoms with Crippen LogP contribution in [0.1, 0.15) is 36.1 Å². The van der Waals surface area contributed by atoms with Crippen molar-refractivity contribution < 1.29 is 9.53 Å². The fourth-order valence-electron chi connectivity index (χ4n) is 2.48. The summed E-state index contributed by atoms with van der Waals surface area (Å²) in [7, 11) is 0. The molecule has 1 aromatic rings. The molecule has 2 nitrogen and oxygen atoms in total. The smallest absolute Gasteiger partial charge is 0.338 e. The SMILES string of the molecule is CCc1ccc(C)c(C2=CCOC2=O)c1CC. The Morgan fingerprint density at radius 2 is 2.00 bits per heavy atom. The van der Waals surface area contributed by atoms with Gasteiger partial charge in [-0.25, -0.2) is 4.79 Å². The van der Waals surface area contributed by atoms with E-state index >= 15 is 0 Å². The maximum absolute atomic E-state index is 11.7. The number of benzene rings is 1. The van der Waals surface area contributed by atoms with Crippen LogP contribution >= 0.6 is 0 Å². The second-order valence-corrected chi connectivity index (χ2v) is 4.32. The molecule has 1 heterocycles. The van der Waals surface area contributed by atoms with E-state index in [0.717, 1.165) is 29.5 Å². The van der Waals surface area contributed by atoms with Crippen molar-refractivity contribution in [3.63, 3.8) is 0 Å². The van der Waals surface area contributed by atoms with Gasteiger partial charge in [0.05, 0.1) is 5.57 Å². The number of hydrogen-bond acceptors (Lipinski definition) is 2. The second-order valence-electron chi connectivity index (χ2n) is 4.32. The summed E-state index contributed by atoms with van der Waals surface area (Å²) in [6.45, 7) is 6.75. The molecule has 0 unspecified atom stereocenters. The Morgan fingerprint density at radius 1 is 1.24 bits per heavy atom. The number of carbonyl (C=O) groups excluding carboxylic acids is 1. The minimum absolute atomic E-state index is 0.184. The molecule has 17 heavy (non-hydrogen) atoms. The van der Waals surface area contributed by atoms with E-state index in [1.165, 1.54) is 11.1 Å². The van der Waals surface area contributed by atoms with Gasteiger partial charge in [-0.1, -0.05) is 26.0 Å². The number of aryl methyl sites for hydroxylation is 2. The van der Waals surface area contributed by atoms with E-state index < -0.39 is 0 Å². The summed E-state index contributed by atoms with van der Waals surface area (Å²) < 4.78 is 5.02. The second kappa shape index (κ2) is 4.74. The summed E-state index contributed by atoms with van der Waals surface area (Å²) in [6, 6.07) is 4.26. The normalized spacial score (nSPS) is 14.8. The third-order valence-corrected chi connectivity index (χ3v) is 3.34. The highest BCUT2D eigenvalue weighted by Gasteiger charge is 2.23. The highest BCUT2D eigenvalue weighted by Crippen LogP contribution is 2.30. The van der Waals surface area contributed by atoms with Crippen molar-refractivity contribution in [1.82, 2.24) is 0 Å². The van der Waals surface area contributed by atoms with Gasteiger partial charge in [0.15, 0.2) is 0 Å². The van der Waals surface area contributed by atoms with Crippen LogP contribution in [0.4, 0.5) is 0 Å². The van der Waals surface area contributed by atoms with Gasteiger partial charge >= 0.3 is 5.97 Å². The van der Waals surface area contributed by atoms with Crippen molar-refractivity contribution in [1.29, 1.82) is 0 Å². The molecule has 0 saturated heterocycles. The fraction of sp³-hybridized carbons (Fsp3) is 0.400. The lowest BCUT2D eigenvalue weighted by atomic mass is 9.89. The van der Waals surface area contributed by atoms with Gasteiger partial charge in [0, 0.05) is 0 Å². The maximum Gasteiger partial charge on any atom is 0.338 e. The Morgan fingerprint density at radius 3 is 2.53 bits per heavy atom. The van der Waals surface area contributed by atoms with Gasteiger partial charge in [-0.05, 0) is 48.1 Å².